The van der Waals surface area contributed by atoms with Crippen molar-refractivity contribution in [2.75, 3.05) is 6.61 Å². The lowest BCUT2D eigenvalue weighted by atomic mass is 10.0. The molecule has 0 aliphatic heterocycles. The standard InChI is InChI=1S/C46H93NO4/c1-3-5-7-9-11-13-15-17-19-20-21-22-23-24-25-26-27-29-31-33-35-37-39-41-45(50)46(51)47-43(42-48)44(49)40-38-36-34-32-30-28-18-16-14-12-10-8-6-4-2/h43-45,48-50H,3-42H2,1-2H3,(H,47,51). The maximum Gasteiger partial charge on any atom is 0.249 e. The van der Waals surface area contributed by atoms with E-state index in [1.165, 1.54) is 205 Å². The van der Waals surface area contributed by atoms with E-state index in [0.29, 0.717) is 12.8 Å². The van der Waals surface area contributed by atoms with E-state index in [1.807, 2.05) is 0 Å². The number of nitrogens with one attached hydrogen (secondary N) is 1. The molecule has 3 unspecified atom stereocenters. The van der Waals surface area contributed by atoms with Gasteiger partial charge in [-0.15, -0.1) is 0 Å². The van der Waals surface area contributed by atoms with Gasteiger partial charge in [0.25, 0.3) is 0 Å². The lowest BCUT2D eigenvalue weighted by Gasteiger charge is -2.23. The second-order valence-corrected chi connectivity index (χ2v) is 16.3. The van der Waals surface area contributed by atoms with E-state index in [9.17, 15) is 20.1 Å². The second-order valence-electron chi connectivity index (χ2n) is 16.3. The molecule has 0 aliphatic carbocycles. The van der Waals surface area contributed by atoms with Crippen molar-refractivity contribution in [1.82, 2.24) is 5.32 Å². The zero-order valence-corrected chi connectivity index (χ0v) is 34.8. The van der Waals surface area contributed by atoms with Crippen LogP contribution >= 0.6 is 0 Å². The van der Waals surface area contributed by atoms with Crippen LogP contribution in [0.1, 0.15) is 264 Å². The maximum atomic E-state index is 12.5. The molecule has 0 saturated heterocycles. The summed E-state index contributed by atoms with van der Waals surface area (Å²) in [7, 11) is 0. The topological polar surface area (TPSA) is 89.8 Å². The number of aliphatic hydroxyl groups is 3. The Bertz CT molecular complexity index is 674. The van der Waals surface area contributed by atoms with Crippen molar-refractivity contribution in [1.29, 1.82) is 0 Å². The van der Waals surface area contributed by atoms with Crippen molar-refractivity contribution in [3.05, 3.63) is 0 Å². The molecule has 3 atom stereocenters. The van der Waals surface area contributed by atoms with Crippen LogP contribution in [0.3, 0.4) is 0 Å². The summed E-state index contributed by atoms with van der Waals surface area (Å²) in [5.41, 5.74) is 0. The number of rotatable bonds is 43. The molecule has 0 aliphatic rings. The highest BCUT2D eigenvalue weighted by molar-refractivity contribution is 5.80. The van der Waals surface area contributed by atoms with Gasteiger partial charge in [0.15, 0.2) is 0 Å². The Kier molecular flexibility index (Phi) is 41.6. The first-order valence-corrected chi connectivity index (χ1v) is 23.3. The zero-order chi connectivity index (χ0) is 37.3. The van der Waals surface area contributed by atoms with E-state index in [-0.39, 0.29) is 6.61 Å². The van der Waals surface area contributed by atoms with Crippen LogP contribution in [0, 0.1) is 0 Å². The number of carbonyl (C=O) groups excluding carboxylic acids is 1. The van der Waals surface area contributed by atoms with Gasteiger partial charge in [-0.2, -0.15) is 0 Å². The Morgan fingerprint density at radius 3 is 0.882 bits per heavy atom. The van der Waals surface area contributed by atoms with Crippen molar-refractivity contribution in [2.24, 2.45) is 0 Å². The molecule has 1 amide bonds. The third kappa shape index (κ3) is 37.5. The van der Waals surface area contributed by atoms with E-state index in [2.05, 4.69) is 19.2 Å². The molecule has 5 heteroatoms. The van der Waals surface area contributed by atoms with Gasteiger partial charge in [0.2, 0.25) is 5.91 Å². The number of unbranched alkanes of at least 4 members (excludes halogenated alkanes) is 35. The molecule has 0 rings (SSSR count). The fourth-order valence-electron chi connectivity index (χ4n) is 7.55. The van der Waals surface area contributed by atoms with Gasteiger partial charge < -0.3 is 20.6 Å². The summed E-state index contributed by atoms with van der Waals surface area (Å²) in [6.07, 6.45) is 48.3. The number of amides is 1. The Morgan fingerprint density at radius 1 is 0.392 bits per heavy atom. The quantitative estimate of drug-likeness (QED) is 0.0472. The molecule has 51 heavy (non-hydrogen) atoms. The van der Waals surface area contributed by atoms with E-state index in [4.69, 9.17) is 0 Å². The highest BCUT2D eigenvalue weighted by Gasteiger charge is 2.23. The minimum absolute atomic E-state index is 0.308. The lowest BCUT2D eigenvalue weighted by Crippen LogP contribution is -2.49. The Morgan fingerprint density at radius 2 is 0.627 bits per heavy atom. The minimum atomic E-state index is -1.07. The summed E-state index contributed by atoms with van der Waals surface area (Å²) in [6, 6.07) is -0.705. The minimum Gasteiger partial charge on any atom is -0.394 e. The van der Waals surface area contributed by atoms with Crippen LogP contribution in [0.5, 0.6) is 0 Å². The maximum absolute atomic E-state index is 12.5. The first-order chi connectivity index (χ1) is 25.1. The van der Waals surface area contributed by atoms with Crippen molar-refractivity contribution in [2.45, 2.75) is 283 Å². The van der Waals surface area contributed by atoms with Crippen LogP contribution in [0.15, 0.2) is 0 Å². The third-order valence-electron chi connectivity index (χ3n) is 11.2. The van der Waals surface area contributed by atoms with Crippen molar-refractivity contribution in [3.8, 4) is 0 Å². The number of hydrogen-bond donors (Lipinski definition) is 4. The summed E-state index contributed by atoms with van der Waals surface area (Å²) in [5, 5.41) is 33.3. The monoisotopic (exact) mass is 724 g/mol. The van der Waals surface area contributed by atoms with Gasteiger partial charge >= 0.3 is 0 Å². The molecule has 5 nitrogen and oxygen atoms in total. The molecule has 0 heterocycles. The number of hydrogen-bond acceptors (Lipinski definition) is 4. The Balaban J connectivity index is 3.53. The van der Waals surface area contributed by atoms with E-state index in [1.54, 1.807) is 0 Å². The molecule has 0 spiro atoms. The summed E-state index contributed by atoms with van der Waals surface area (Å²) >= 11 is 0. The van der Waals surface area contributed by atoms with Crippen LogP contribution in [-0.4, -0.2) is 46.1 Å². The average molecular weight is 724 g/mol. The smallest absolute Gasteiger partial charge is 0.249 e. The van der Waals surface area contributed by atoms with Crippen LogP contribution in [0.4, 0.5) is 0 Å². The molecule has 0 radical (unpaired) electrons. The van der Waals surface area contributed by atoms with Gasteiger partial charge in [0.05, 0.1) is 18.8 Å². The van der Waals surface area contributed by atoms with Gasteiger partial charge in [-0.25, -0.2) is 0 Å². The molecule has 4 N–H and O–H groups in total. The van der Waals surface area contributed by atoms with E-state index in [0.717, 1.165) is 32.1 Å². The van der Waals surface area contributed by atoms with Gasteiger partial charge in [-0.05, 0) is 12.8 Å². The SMILES string of the molecule is CCCCCCCCCCCCCCCCCCCCCCCCCC(O)C(=O)NC(CO)C(O)CCCCCCCCCCCCCCCC. The molecule has 0 aromatic rings. The first-order valence-electron chi connectivity index (χ1n) is 23.3. The van der Waals surface area contributed by atoms with Gasteiger partial charge in [-0.1, -0.05) is 251 Å². The Labute approximate surface area is 319 Å². The summed E-state index contributed by atoms with van der Waals surface area (Å²) in [4.78, 5) is 12.5. The van der Waals surface area contributed by atoms with Gasteiger partial charge in [-0.3, -0.25) is 4.79 Å². The summed E-state index contributed by atoms with van der Waals surface area (Å²) in [6.45, 7) is 4.25. The molecule has 0 aromatic carbocycles. The molecular formula is C46H93NO4. The van der Waals surface area contributed by atoms with E-state index < -0.39 is 24.2 Å². The van der Waals surface area contributed by atoms with Crippen molar-refractivity contribution < 1.29 is 20.1 Å². The van der Waals surface area contributed by atoms with Crippen LogP contribution in [-0.2, 0) is 4.79 Å². The molecule has 0 fully saturated rings. The highest BCUT2D eigenvalue weighted by atomic mass is 16.3. The third-order valence-corrected chi connectivity index (χ3v) is 11.2. The second kappa shape index (κ2) is 42.1. The van der Waals surface area contributed by atoms with Crippen LogP contribution in [0.2, 0.25) is 0 Å². The first kappa shape index (κ1) is 50.4. The molecule has 306 valence electrons. The predicted octanol–water partition coefficient (Wildman–Crippen LogP) is 13.4. The largest absolute Gasteiger partial charge is 0.394 e. The predicted molar refractivity (Wildman–Crippen MR) is 222 cm³/mol. The van der Waals surface area contributed by atoms with Crippen molar-refractivity contribution >= 4 is 5.91 Å². The lowest BCUT2D eigenvalue weighted by molar-refractivity contribution is -0.131. The Hall–Kier alpha value is -0.650. The van der Waals surface area contributed by atoms with Gasteiger partial charge in [0.1, 0.15) is 6.10 Å². The highest BCUT2D eigenvalue weighted by Crippen LogP contribution is 2.17. The molecular weight excluding hydrogens is 631 g/mol. The van der Waals surface area contributed by atoms with Gasteiger partial charge in [0, 0.05) is 0 Å². The van der Waals surface area contributed by atoms with Crippen LogP contribution < -0.4 is 5.32 Å². The summed E-state index contributed by atoms with van der Waals surface area (Å²) < 4.78 is 0. The fourth-order valence-corrected chi connectivity index (χ4v) is 7.55. The summed E-state index contributed by atoms with van der Waals surface area (Å²) in [5.74, 6) is -0.465. The molecule has 0 bridgehead atoms. The van der Waals surface area contributed by atoms with Crippen molar-refractivity contribution in [3.63, 3.8) is 0 Å². The molecule has 0 saturated carbocycles. The zero-order valence-electron chi connectivity index (χ0n) is 34.8. The van der Waals surface area contributed by atoms with Crippen LogP contribution in [0.25, 0.3) is 0 Å². The fraction of sp³-hybridized carbons (Fsp3) is 0.978. The normalized spacial score (nSPS) is 13.4. The average Bonchev–Trinajstić information content (AvgIpc) is 3.13. The van der Waals surface area contributed by atoms with E-state index >= 15 is 0 Å². The number of carbonyl (C=O) groups is 1. The number of aliphatic hydroxyl groups excluding tert-OH is 3. The molecule has 0 aromatic heterocycles.